The van der Waals surface area contributed by atoms with Crippen LogP contribution in [0.2, 0.25) is 0 Å². The van der Waals surface area contributed by atoms with Gasteiger partial charge in [-0.25, -0.2) is 4.79 Å². The van der Waals surface area contributed by atoms with E-state index in [1.165, 1.54) is 0 Å². The molecule has 0 aliphatic rings. The maximum Gasteiger partial charge on any atom is 0.337 e. The van der Waals surface area contributed by atoms with Gasteiger partial charge in [-0.05, 0) is 50.1 Å². The molecule has 0 aliphatic carbocycles. The summed E-state index contributed by atoms with van der Waals surface area (Å²) in [4.78, 5) is 16.6. The minimum absolute atomic E-state index is 0.114. The zero-order valence-electron chi connectivity index (χ0n) is 14.9. The van der Waals surface area contributed by atoms with Gasteiger partial charge >= 0.3 is 5.97 Å². The highest BCUT2D eigenvalue weighted by molar-refractivity contribution is 5.98. The van der Waals surface area contributed by atoms with E-state index in [1.54, 1.807) is 39.0 Å². The third-order valence-corrected chi connectivity index (χ3v) is 4.15. The number of carbonyl (C=O) groups is 1. The topological polar surface area (TPSA) is 79.7 Å². The second-order valence-electron chi connectivity index (χ2n) is 6.46. The third kappa shape index (κ3) is 3.39. The van der Waals surface area contributed by atoms with E-state index in [0.717, 1.165) is 22.0 Å². The molecular formula is C21H21NO4. The number of hydrogen-bond acceptors (Lipinski definition) is 4. The first-order valence-electron chi connectivity index (χ1n) is 8.45. The number of aromatic nitrogens is 1. The number of aliphatic carboxylic acids is 1. The molecule has 0 spiro atoms. The molecule has 0 saturated heterocycles. The molecule has 1 unspecified atom stereocenters. The number of pyridine rings is 1. The molecule has 3 aromatic rings. The number of phenols is 1. The summed E-state index contributed by atoms with van der Waals surface area (Å²) in [5.41, 5.74) is 3.31. The van der Waals surface area contributed by atoms with Gasteiger partial charge in [-0.3, -0.25) is 4.98 Å². The van der Waals surface area contributed by atoms with Crippen molar-refractivity contribution in [1.29, 1.82) is 0 Å². The molecule has 1 aromatic heterocycles. The highest BCUT2D eigenvalue weighted by Crippen LogP contribution is 2.39. The third-order valence-electron chi connectivity index (χ3n) is 4.15. The van der Waals surface area contributed by atoms with Crippen molar-refractivity contribution in [2.45, 2.75) is 33.0 Å². The number of rotatable bonds is 5. The quantitative estimate of drug-likeness (QED) is 0.709. The number of ether oxygens (including phenoxy) is 1. The standard InChI is InChI=1S/C21H21NO4/c1-12(2)26-20(21(24)25)18-13(3)22-17-10-5-4-9-16(17)19(18)14-7-6-8-15(23)11-14/h4-12,20,23H,1-3H3,(H,24,25). The zero-order chi connectivity index (χ0) is 18.8. The Labute approximate surface area is 151 Å². The Hall–Kier alpha value is -2.92. The van der Waals surface area contributed by atoms with Crippen molar-refractivity contribution in [2.75, 3.05) is 0 Å². The lowest BCUT2D eigenvalue weighted by molar-refractivity contribution is -0.153. The maximum absolute atomic E-state index is 12.0. The first kappa shape index (κ1) is 17.9. The largest absolute Gasteiger partial charge is 0.508 e. The van der Waals surface area contributed by atoms with E-state index in [2.05, 4.69) is 4.98 Å². The van der Waals surface area contributed by atoms with E-state index in [0.29, 0.717) is 11.3 Å². The summed E-state index contributed by atoms with van der Waals surface area (Å²) >= 11 is 0. The normalized spacial score (nSPS) is 12.5. The molecule has 0 radical (unpaired) electrons. The Balaban J connectivity index is 2.39. The van der Waals surface area contributed by atoms with Gasteiger partial charge in [0.1, 0.15) is 5.75 Å². The first-order chi connectivity index (χ1) is 12.4. The Kier molecular flexibility index (Phi) is 4.91. The number of carboxylic acids is 1. The lowest BCUT2D eigenvalue weighted by Gasteiger charge is -2.23. The molecule has 0 aliphatic heterocycles. The summed E-state index contributed by atoms with van der Waals surface area (Å²) < 4.78 is 5.72. The number of carboxylic acid groups (broad SMARTS) is 1. The second kappa shape index (κ2) is 7.14. The maximum atomic E-state index is 12.0. The highest BCUT2D eigenvalue weighted by atomic mass is 16.5. The molecule has 2 aromatic carbocycles. The van der Waals surface area contributed by atoms with Gasteiger partial charge in [-0.15, -0.1) is 0 Å². The van der Waals surface area contributed by atoms with Crippen molar-refractivity contribution in [3.63, 3.8) is 0 Å². The molecule has 134 valence electrons. The van der Waals surface area contributed by atoms with Crippen LogP contribution in [0.5, 0.6) is 5.75 Å². The number of fused-ring (bicyclic) bond motifs is 1. The summed E-state index contributed by atoms with van der Waals surface area (Å²) in [7, 11) is 0. The van der Waals surface area contributed by atoms with Crippen LogP contribution in [-0.2, 0) is 9.53 Å². The number of phenolic OH excluding ortho intramolecular Hbond substituents is 1. The number of hydrogen-bond donors (Lipinski definition) is 2. The van der Waals surface area contributed by atoms with Crippen molar-refractivity contribution in [3.8, 4) is 16.9 Å². The molecule has 0 saturated carbocycles. The molecule has 0 amide bonds. The summed E-state index contributed by atoms with van der Waals surface area (Å²) in [6.45, 7) is 5.38. The van der Waals surface area contributed by atoms with Crippen LogP contribution in [0.25, 0.3) is 22.0 Å². The summed E-state index contributed by atoms with van der Waals surface area (Å²) in [5, 5.41) is 20.5. The van der Waals surface area contributed by atoms with Crippen LogP contribution in [0.4, 0.5) is 0 Å². The van der Waals surface area contributed by atoms with Crippen LogP contribution in [0.1, 0.15) is 31.2 Å². The van der Waals surface area contributed by atoms with Crippen molar-refractivity contribution in [2.24, 2.45) is 0 Å². The van der Waals surface area contributed by atoms with Gasteiger partial charge < -0.3 is 14.9 Å². The monoisotopic (exact) mass is 351 g/mol. The molecule has 26 heavy (non-hydrogen) atoms. The fourth-order valence-corrected chi connectivity index (χ4v) is 3.16. The van der Waals surface area contributed by atoms with Gasteiger partial charge in [0.05, 0.1) is 11.6 Å². The van der Waals surface area contributed by atoms with Crippen LogP contribution in [0, 0.1) is 6.92 Å². The Morgan fingerprint density at radius 2 is 1.85 bits per heavy atom. The Morgan fingerprint density at radius 3 is 2.50 bits per heavy atom. The average Bonchev–Trinajstić information content (AvgIpc) is 2.58. The van der Waals surface area contributed by atoms with Crippen LogP contribution < -0.4 is 0 Å². The van der Waals surface area contributed by atoms with E-state index < -0.39 is 12.1 Å². The van der Waals surface area contributed by atoms with Crippen molar-refractivity contribution in [3.05, 3.63) is 59.8 Å². The summed E-state index contributed by atoms with van der Waals surface area (Å²) in [6.07, 6.45) is -1.41. The molecule has 5 nitrogen and oxygen atoms in total. The number of aryl methyl sites for hydroxylation is 1. The molecule has 2 N–H and O–H groups in total. The first-order valence-corrected chi connectivity index (χ1v) is 8.45. The van der Waals surface area contributed by atoms with Crippen LogP contribution in [-0.4, -0.2) is 27.3 Å². The molecule has 3 rings (SSSR count). The van der Waals surface area contributed by atoms with Crippen molar-refractivity contribution in [1.82, 2.24) is 4.98 Å². The zero-order valence-corrected chi connectivity index (χ0v) is 14.9. The van der Waals surface area contributed by atoms with Crippen molar-refractivity contribution < 1.29 is 19.7 Å². The minimum Gasteiger partial charge on any atom is -0.508 e. The number of aromatic hydroxyl groups is 1. The minimum atomic E-state index is -1.15. The highest BCUT2D eigenvalue weighted by Gasteiger charge is 2.29. The predicted molar refractivity (Wildman–Crippen MR) is 100 cm³/mol. The van der Waals surface area contributed by atoms with E-state index in [-0.39, 0.29) is 11.9 Å². The lowest BCUT2D eigenvalue weighted by atomic mass is 9.91. The van der Waals surface area contributed by atoms with E-state index in [9.17, 15) is 15.0 Å². The van der Waals surface area contributed by atoms with Crippen LogP contribution >= 0.6 is 0 Å². The molecular weight excluding hydrogens is 330 g/mol. The fraction of sp³-hybridized carbons (Fsp3) is 0.238. The SMILES string of the molecule is Cc1nc2ccccc2c(-c2cccc(O)c2)c1C(OC(C)C)C(=O)O. The van der Waals surface area contributed by atoms with Gasteiger partial charge in [0.2, 0.25) is 0 Å². The summed E-state index contributed by atoms with van der Waals surface area (Å²) in [6, 6.07) is 14.3. The van der Waals surface area contributed by atoms with Crippen LogP contribution in [0.15, 0.2) is 48.5 Å². The molecule has 1 atom stereocenters. The molecule has 5 heteroatoms. The average molecular weight is 351 g/mol. The smallest absolute Gasteiger partial charge is 0.337 e. The van der Waals surface area contributed by atoms with Gasteiger partial charge in [0, 0.05) is 16.6 Å². The Bertz CT molecular complexity index is 965. The van der Waals surface area contributed by atoms with E-state index >= 15 is 0 Å². The van der Waals surface area contributed by atoms with Gasteiger partial charge in [-0.1, -0.05) is 30.3 Å². The van der Waals surface area contributed by atoms with E-state index in [4.69, 9.17) is 4.74 Å². The van der Waals surface area contributed by atoms with Gasteiger partial charge in [0.25, 0.3) is 0 Å². The molecule has 0 bridgehead atoms. The molecule has 0 fully saturated rings. The van der Waals surface area contributed by atoms with Gasteiger partial charge in [0.15, 0.2) is 6.10 Å². The van der Waals surface area contributed by atoms with Crippen molar-refractivity contribution >= 4 is 16.9 Å². The molecule has 1 heterocycles. The second-order valence-corrected chi connectivity index (χ2v) is 6.46. The lowest BCUT2D eigenvalue weighted by Crippen LogP contribution is -2.21. The van der Waals surface area contributed by atoms with E-state index in [1.807, 2.05) is 30.3 Å². The number of para-hydroxylation sites is 1. The van der Waals surface area contributed by atoms with Gasteiger partial charge in [-0.2, -0.15) is 0 Å². The fourth-order valence-electron chi connectivity index (χ4n) is 3.16. The number of nitrogens with zero attached hydrogens (tertiary/aromatic N) is 1. The predicted octanol–water partition coefficient (Wildman–Crippen LogP) is 4.47. The summed E-state index contributed by atoms with van der Waals surface area (Å²) in [5.74, 6) is -0.955. The van der Waals surface area contributed by atoms with Crippen LogP contribution in [0.3, 0.4) is 0 Å². The Morgan fingerprint density at radius 1 is 1.12 bits per heavy atom. The number of benzene rings is 2.